The highest BCUT2D eigenvalue weighted by molar-refractivity contribution is 6.34. The van der Waals surface area contributed by atoms with E-state index in [1.165, 1.54) is 31.4 Å². The summed E-state index contributed by atoms with van der Waals surface area (Å²) in [5, 5.41) is 2.46. The van der Waals surface area contributed by atoms with Crippen LogP contribution in [0, 0.1) is 6.92 Å². The van der Waals surface area contributed by atoms with Gasteiger partial charge in [0.2, 0.25) is 5.60 Å². The lowest BCUT2D eigenvalue weighted by atomic mass is 9.91. The Kier molecular flexibility index (Phi) is 6.73. The van der Waals surface area contributed by atoms with Crippen LogP contribution in [0.25, 0.3) is 5.70 Å². The number of nitrogens with one attached hydrogen (secondary N) is 2. The highest BCUT2D eigenvalue weighted by atomic mass is 35.5. The SMILES string of the molecule is COC(=O)CNC(=O)c1ccc(C2=CC(c3cc(Cl)cc(Cl)c3)(C(F)(F)F)ON2)cc1C. The molecule has 1 atom stereocenters. The molecule has 0 bridgehead atoms. The third-order valence-electron chi connectivity index (χ3n) is 4.79. The van der Waals surface area contributed by atoms with Crippen molar-refractivity contribution >= 4 is 40.8 Å². The second-order valence-corrected chi connectivity index (χ2v) is 7.82. The van der Waals surface area contributed by atoms with Crippen LogP contribution in [0.1, 0.15) is 27.0 Å². The Balaban J connectivity index is 1.95. The number of methoxy groups -OCH3 is 1. The van der Waals surface area contributed by atoms with Crippen molar-refractivity contribution in [3.8, 4) is 0 Å². The molecule has 3 rings (SSSR count). The number of aryl methyl sites for hydroxylation is 1. The van der Waals surface area contributed by atoms with E-state index in [0.717, 1.165) is 18.2 Å². The molecule has 32 heavy (non-hydrogen) atoms. The Bertz CT molecular complexity index is 1080. The van der Waals surface area contributed by atoms with E-state index in [1.54, 1.807) is 6.92 Å². The molecular weight excluding hydrogens is 472 g/mol. The second kappa shape index (κ2) is 9.01. The number of amides is 1. The minimum Gasteiger partial charge on any atom is -0.468 e. The standard InChI is InChI=1S/C21H17Cl2F3N2O4/c1-11-5-12(3-4-16(11)19(30)27-10-18(29)31-2)17-9-20(32-28-17,21(24,25)26)13-6-14(22)8-15(23)7-13/h3-9,28H,10H2,1-2H3,(H,27,30). The summed E-state index contributed by atoms with van der Waals surface area (Å²) in [5.74, 6) is -1.14. The van der Waals surface area contributed by atoms with E-state index >= 15 is 0 Å². The number of carbonyl (C=O) groups excluding carboxylic acids is 2. The van der Waals surface area contributed by atoms with Crippen LogP contribution in [0.15, 0.2) is 42.5 Å². The third-order valence-corrected chi connectivity index (χ3v) is 5.22. The topological polar surface area (TPSA) is 76.7 Å². The van der Waals surface area contributed by atoms with Crippen molar-refractivity contribution < 1.29 is 32.3 Å². The summed E-state index contributed by atoms with van der Waals surface area (Å²) in [5.41, 5.74) is 0.338. The van der Waals surface area contributed by atoms with Crippen molar-refractivity contribution in [2.75, 3.05) is 13.7 Å². The van der Waals surface area contributed by atoms with Gasteiger partial charge in [0.15, 0.2) is 0 Å². The average Bonchev–Trinajstić information content (AvgIpc) is 3.18. The predicted molar refractivity (Wildman–Crippen MR) is 112 cm³/mol. The maximum Gasteiger partial charge on any atom is 0.428 e. The number of carbonyl (C=O) groups is 2. The minimum atomic E-state index is -4.83. The second-order valence-electron chi connectivity index (χ2n) is 6.94. The van der Waals surface area contributed by atoms with Gasteiger partial charge in [-0.2, -0.15) is 13.2 Å². The predicted octanol–water partition coefficient (Wildman–Crippen LogP) is 4.54. The van der Waals surface area contributed by atoms with Gasteiger partial charge in [-0.05, 0) is 54.5 Å². The molecule has 11 heteroatoms. The Morgan fingerprint density at radius 2 is 1.81 bits per heavy atom. The summed E-state index contributed by atoms with van der Waals surface area (Å²) >= 11 is 11.8. The van der Waals surface area contributed by atoms with Crippen LogP contribution < -0.4 is 10.8 Å². The molecular formula is C21H17Cl2F3N2O4. The van der Waals surface area contributed by atoms with Crippen molar-refractivity contribution in [2.24, 2.45) is 0 Å². The van der Waals surface area contributed by atoms with Crippen LogP contribution in [0.4, 0.5) is 13.2 Å². The van der Waals surface area contributed by atoms with Gasteiger partial charge in [-0.25, -0.2) is 0 Å². The molecule has 1 aliphatic heterocycles. The van der Waals surface area contributed by atoms with Gasteiger partial charge in [-0.1, -0.05) is 29.3 Å². The molecule has 1 amide bonds. The molecule has 2 aromatic rings. The fraction of sp³-hybridized carbons (Fsp3) is 0.238. The van der Waals surface area contributed by atoms with Gasteiger partial charge in [-0.15, -0.1) is 0 Å². The van der Waals surface area contributed by atoms with Crippen LogP contribution >= 0.6 is 23.2 Å². The van der Waals surface area contributed by atoms with Crippen molar-refractivity contribution in [2.45, 2.75) is 18.7 Å². The van der Waals surface area contributed by atoms with Crippen LogP contribution in [-0.4, -0.2) is 31.7 Å². The van der Waals surface area contributed by atoms with Crippen LogP contribution in [0.5, 0.6) is 0 Å². The third kappa shape index (κ3) is 4.69. The summed E-state index contributed by atoms with van der Waals surface area (Å²) in [6, 6.07) is 7.98. The smallest absolute Gasteiger partial charge is 0.428 e. The first-order valence-corrected chi connectivity index (χ1v) is 9.88. The zero-order valence-corrected chi connectivity index (χ0v) is 18.3. The molecule has 1 aliphatic rings. The average molecular weight is 489 g/mol. The zero-order chi connectivity index (χ0) is 23.7. The molecule has 0 radical (unpaired) electrons. The first kappa shape index (κ1) is 23.9. The highest BCUT2D eigenvalue weighted by Crippen LogP contribution is 2.48. The van der Waals surface area contributed by atoms with E-state index in [1.807, 2.05) is 0 Å². The number of alkyl halides is 3. The van der Waals surface area contributed by atoms with Gasteiger partial charge < -0.3 is 10.1 Å². The molecule has 1 unspecified atom stereocenters. The zero-order valence-electron chi connectivity index (χ0n) is 16.8. The highest BCUT2D eigenvalue weighted by Gasteiger charge is 2.59. The minimum absolute atomic E-state index is 0.0275. The number of benzene rings is 2. The van der Waals surface area contributed by atoms with Gasteiger partial charge in [0, 0.05) is 21.2 Å². The Labute approximate surface area is 191 Å². The maximum absolute atomic E-state index is 14.1. The van der Waals surface area contributed by atoms with Gasteiger partial charge in [-0.3, -0.25) is 19.9 Å². The number of hydrogen-bond acceptors (Lipinski definition) is 5. The van der Waals surface area contributed by atoms with Crippen molar-refractivity contribution in [1.29, 1.82) is 0 Å². The maximum atomic E-state index is 14.1. The van der Waals surface area contributed by atoms with Gasteiger partial charge in [0.25, 0.3) is 5.91 Å². The van der Waals surface area contributed by atoms with Crippen molar-refractivity contribution in [1.82, 2.24) is 10.8 Å². The monoisotopic (exact) mass is 488 g/mol. The first-order valence-electron chi connectivity index (χ1n) is 9.13. The molecule has 0 saturated heterocycles. The Morgan fingerprint density at radius 3 is 2.38 bits per heavy atom. The fourth-order valence-electron chi connectivity index (χ4n) is 3.16. The number of ether oxygens (including phenoxy) is 1. The summed E-state index contributed by atoms with van der Waals surface area (Å²) in [6.07, 6.45) is -3.95. The number of esters is 1. The van der Waals surface area contributed by atoms with Crippen LogP contribution in [-0.2, 0) is 20.0 Å². The molecule has 0 spiro atoms. The van der Waals surface area contributed by atoms with E-state index in [9.17, 15) is 22.8 Å². The quantitative estimate of drug-likeness (QED) is 0.604. The molecule has 0 aromatic heterocycles. The van der Waals surface area contributed by atoms with Gasteiger partial charge in [0.05, 0.1) is 12.8 Å². The molecule has 6 nitrogen and oxygen atoms in total. The van der Waals surface area contributed by atoms with E-state index in [2.05, 4.69) is 15.5 Å². The van der Waals surface area contributed by atoms with E-state index < -0.39 is 23.7 Å². The molecule has 0 saturated carbocycles. The molecule has 0 fully saturated rings. The largest absolute Gasteiger partial charge is 0.468 e. The van der Waals surface area contributed by atoms with Crippen molar-refractivity contribution in [3.05, 3.63) is 74.8 Å². The van der Waals surface area contributed by atoms with Gasteiger partial charge >= 0.3 is 12.1 Å². The Hall–Kier alpha value is -2.75. The van der Waals surface area contributed by atoms with Crippen LogP contribution in [0.3, 0.4) is 0 Å². The number of halogens is 5. The molecule has 2 aromatic carbocycles. The molecule has 1 heterocycles. The fourth-order valence-corrected chi connectivity index (χ4v) is 3.69. The molecule has 2 N–H and O–H groups in total. The summed E-state index contributed by atoms with van der Waals surface area (Å²) < 4.78 is 46.7. The molecule has 0 aliphatic carbocycles. The summed E-state index contributed by atoms with van der Waals surface area (Å²) in [4.78, 5) is 28.5. The van der Waals surface area contributed by atoms with E-state index in [-0.39, 0.29) is 33.4 Å². The van der Waals surface area contributed by atoms with E-state index in [0.29, 0.717) is 11.1 Å². The number of rotatable bonds is 5. The first-order chi connectivity index (χ1) is 15.0. The summed E-state index contributed by atoms with van der Waals surface area (Å²) in [6.45, 7) is 1.30. The Morgan fingerprint density at radius 1 is 1.16 bits per heavy atom. The molecule has 170 valence electrons. The van der Waals surface area contributed by atoms with E-state index in [4.69, 9.17) is 28.0 Å². The lowest BCUT2D eigenvalue weighted by molar-refractivity contribution is -0.269. The lowest BCUT2D eigenvalue weighted by Gasteiger charge is -2.28. The number of hydrogen-bond donors (Lipinski definition) is 2. The summed E-state index contributed by atoms with van der Waals surface area (Å²) in [7, 11) is 1.19. The van der Waals surface area contributed by atoms with Gasteiger partial charge in [0.1, 0.15) is 6.54 Å². The van der Waals surface area contributed by atoms with Crippen molar-refractivity contribution in [3.63, 3.8) is 0 Å². The normalized spacial score (nSPS) is 18.0. The lowest BCUT2D eigenvalue weighted by Crippen LogP contribution is -2.42. The number of hydroxylamine groups is 1. The van der Waals surface area contributed by atoms with Crippen LogP contribution in [0.2, 0.25) is 10.0 Å².